The summed E-state index contributed by atoms with van der Waals surface area (Å²) in [6, 6.07) is 13.5. The lowest BCUT2D eigenvalue weighted by molar-refractivity contribution is -0.114. The zero-order chi connectivity index (χ0) is 26.8. The van der Waals surface area contributed by atoms with E-state index in [9.17, 15) is 4.79 Å². The molecule has 0 bridgehead atoms. The van der Waals surface area contributed by atoms with Gasteiger partial charge in [0.25, 0.3) is 0 Å². The molecule has 10 nitrogen and oxygen atoms in total. The number of carbonyl (C=O) groups excluding carboxylic acids is 1. The van der Waals surface area contributed by atoms with Crippen LogP contribution in [0.2, 0.25) is 0 Å². The van der Waals surface area contributed by atoms with Gasteiger partial charge in [0.1, 0.15) is 18.0 Å². The highest BCUT2D eigenvalue weighted by molar-refractivity contribution is 7.22. The van der Waals surface area contributed by atoms with Crippen molar-refractivity contribution in [3.05, 3.63) is 71.2 Å². The van der Waals surface area contributed by atoms with Crippen LogP contribution in [0.15, 0.2) is 48.8 Å². The van der Waals surface area contributed by atoms with Crippen molar-refractivity contribution in [1.82, 2.24) is 19.9 Å². The molecule has 0 spiro atoms. The zero-order valence-electron chi connectivity index (χ0n) is 21.1. The van der Waals surface area contributed by atoms with Crippen LogP contribution in [0.3, 0.4) is 0 Å². The molecule has 1 amide bonds. The van der Waals surface area contributed by atoms with E-state index in [0.717, 1.165) is 32.2 Å². The molecule has 0 radical (unpaired) electrons. The summed E-state index contributed by atoms with van der Waals surface area (Å²) in [5.41, 5.74) is 10.00. The lowest BCUT2D eigenvalue weighted by Crippen LogP contribution is -2.14. The van der Waals surface area contributed by atoms with Crippen LogP contribution in [-0.4, -0.2) is 38.2 Å². The van der Waals surface area contributed by atoms with E-state index in [1.807, 2.05) is 50.2 Å². The number of rotatable bonds is 8. The van der Waals surface area contributed by atoms with Crippen molar-refractivity contribution in [2.75, 3.05) is 23.0 Å². The third kappa shape index (κ3) is 4.96. The number of nitrogens with two attached hydrogens (primary N) is 1. The maximum atomic E-state index is 11.4. The monoisotopic (exact) mass is 526 g/mol. The Bertz CT molecular complexity index is 1700. The van der Waals surface area contributed by atoms with E-state index < -0.39 is 0 Å². The summed E-state index contributed by atoms with van der Waals surface area (Å²) < 4.78 is 6.68. The number of ether oxygens (including phenoxy) is 1. The Labute approximate surface area is 222 Å². The number of aromatic nitrogens is 4. The summed E-state index contributed by atoms with van der Waals surface area (Å²) in [4.78, 5) is 29.0. The Balaban J connectivity index is 1.45. The molecule has 0 atom stereocenters. The Morgan fingerprint density at radius 1 is 1.16 bits per heavy atom. The maximum Gasteiger partial charge on any atom is 0.223 e. The predicted molar refractivity (Wildman–Crippen MR) is 151 cm³/mol. The van der Waals surface area contributed by atoms with Gasteiger partial charge in [0.15, 0.2) is 5.13 Å². The molecule has 38 heavy (non-hydrogen) atoms. The van der Waals surface area contributed by atoms with E-state index in [0.29, 0.717) is 41.1 Å². The molecule has 5 rings (SSSR count). The van der Waals surface area contributed by atoms with Crippen LogP contribution in [0.1, 0.15) is 36.2 Å². The van der Waals surface area contributed by atoms with Crippen molar-refractivity contribution >= 4 is 60.7 Å². The second kappa shape index (κ2) is 10.4. The molecule has 5 aromatic rings. The molecular formula is C27H26N8O2S. The van der Waals surface area contributed by atoms with Crippen molar-refractivity contribution in [2.45, 2.75) is 27.3 Å². The number of hydrogen-bond acceptors (Lipinski definition) is 10. The van der Waals surface area contributed by atoms with Crippen LogP contribution < -0.4 is 21.1 Å². The number of anilines is 3. The normalized spacial score (nSPS) is 11.0. The number of nitrogens with zero attached hydrogens (tertiary/aromatic N) is 4. The van der Waals surface area contributed by atoms with Gasteiger partial charge in [-0.3, -0.25) is 10.2 Å². The van der Waals surface area contributed by atoms with Crippen LogP contribution in [-0.2, 0) is 11.3 Å². The number of fused-ring (bicyclic) bond motifs is 2. The minimum absolute atomic E-state index is 0.166. The van der Waals surface area contributed by atoms with Crippen LogP contribution in [0.4, 0.5) is 16.8 Å². The summed E-state index contributed by atoms with van der Waals surface area (Å²) >= 11 is 1.34. The Morgan fingerprint density at radius 3 is 2.79 bits per heavy atom. The minimum atomic E-state index is -0.189. The molecule has 0 aliphatic carbocycles. The van der Waals surface area contributed by atoms with Gasteiger partial charge in [0.2, 0.25) is 11.8 Å². The van der Waals surface area contributed by atoms with Crippen molar-refractivity contribution in [1.29, 1.82) is 5.41 Å². The Morgan fingerprint density at radius 2 is 2.00 bits per heavy atom. The summed E-state index contributed by atoms with van der Waals surface area (Å²) in [5, 5.41) is 17.4. The van der Waals surface area contributed by atoms with E-state index >= 15 is 0 Å². The van der Waals surface area contributed by atoms with Gasteiger partial charge in [0.05, 0.1) is 40.3 Å². The highest BCUT2D eigenvalue weighted by Crippen LogP contribution is 2.30. The number of thiazole rings is 1. The Kier molecular flexibility index (Phi) is 6.84. The van der Waals surface area contributed by atoms with Gasteiger partial charge in [-0.25, -0.2) is 19.9 Å². The molecule has 3 heterocycles. The second-order valence-corrected chi connectivity index (χ2v) is 9.65. The van der Waals surface area contributed by atoms with Gasteiger partial charge < -0.3 is 21.1 Å². The Hall–Kier alpha value is -4.64. The molecule has 0 aliphatic heterocycles. The third-order valence-electron chi connectivity index (χ3n) is 5.89. The smallest absolute Gasteiger partial charge is 0.223 e. The van der Waals surface area contributed by atoms with E-state index in [4.69, 9.17) is 20.9 Å². The average molecular weight is 527 g/mol. The zero-order valence-corrected chi connectivity index (χ0v) is 21.9. The van der Waals surface area contributed by atoms with Crippen LogP contribution in [0, 0.1) is 12.3 Å². The molecule has 11 heteroatoms. The van der Waals surface area contributed by atoms with Crippen molar-refractivity contribution in [2.24, 2.45) is 0 Å². The first kappa shape index (κ1) is 25.0. The lowest BCUT2D eigenvalue weighted by Gasteiger charge is -2.15. The van der Waals surface area contributed by atoms with E-state index in [1.165, 1.54) is 24.6 Å². The van der Waals surface area contributed by atoms with Gasteiger partial charge >= 0.3 is 0 Å². The van der Waals surface area contributed by atoms with Gasteiger partial charge in [-0.1, -0.05) is 35.6 Å². The predicted octanol–water partition coefficient (Wildman–Crippen LogP) is 4.91. The quantitative estimate of drug-likeness (QED) is 0.208. The molecule has 0 aliphatic rings. The van der Waals surface area contributed by atoms with Crippen molar-refractivity contribution < 1.29 is 9.53 Å². The number of nitrogen functional groups attached to an aromatic ring is 1. The molecule has 2 aromatic carbocycles. The van der Waals surface area contributed by atoms with Crippen LogP contribution in [0.5, 0.6) is 5.88 Å². The third-order valence-corrected chi connectivity index (χ3v) is 6.82. The fourth-order valence-electron chi connectivity index (χ4n) is 4.22. The van der Waals surface area contributed by atoms with Gasteiger partial charge in [0, 0.05) is 17.9 Å². The number of aryl methyl sites for hydroxylation is 1. The lowest BCUT2D eigenvalue weighted by atomic mass is 10.0. The molecular weight excluding hydrogens is 500 g/mol. The molecule has 3 aromatic heterocycles. The van der Waals surface area contributed by atoms with Gasteiger partial charge in [-0.2, -0.15) is 0 Å². The average Bonchev–Trinajstić information content (AvgIpc) is 3.28. The summed E-state index contributed by atoms with van der Waals surface area (Å²) in [6.07, 6.45) is 1.36. The first-order valence-corrected chi connectivity index (χ1v) is 12.8. The number of carbonyl (C=O) groups is 1. The molecule has 192 valence electrons. The molecule has 0 unspecified atom stereocenters. The van der Waals surface area contributed by atoms with E-state index in [2.05, 4.69) is 25.6 Å². The standard InChI is InChI=1S/C27H26N8O2S/c1-4-37-26-21-14(2)6-5-7-16(21)10-18(34-26)12-30-25-22(24(29)31-13-32-25)23(28)17-8-9-19-20(11-17)38-27(35-19)33-15(3)36/h5-11,13,28H,4,12H2,1-3H3,(H,33,35,36)(H3,29,30,31,32). The number of hydrogen-bond donors (Lipinski definition) is 4. The SMILES string of the molecule is CCOc1nc(CNc2ncnc(N)c2C(=N)c2ccc3nc(NC(C)=O)sc3c2)cc2cccc(C)c12. The van der Waals surface area contributed by atoms with Crippen molar-refractivity contribution in [3.63, 3.8) is 0 Å². The maximum absolute atomic E-state index is 11.4. The topological polar surface area (TPSA) is 152 Å². The number of nitrogens with one attached hydrogen (secondary N) is 3. The first-order chi connectivity index (χ1) is 18.3. The van der Waals surface area contributed by atoms with Crippen LogP contribution >= 0.6 is 11.3 Å². The summed E-state index contributed by atoms with van der Waals surface area (Å²) in [7, 11) is 0. The fraction of sp³-hybridized carbons (Fsp3) is 0.185. The number of pyridine rings is 1. The van der Waals surface area contributed by atoms with Gasteiger partial charge in [-0.05, 0) is 43.0 Å². The highest BCUT2D eigenvalue weighted by atomic mass is 32.1. The minimum Gasteiger partial charge on any atom is -0.478 e. The highest BCUT2D eigenvalue weighted by Gasteiger charge is 2.18. The van der Waals surface area contributed by atoms with E-state index in [-0.39, 0.29) is 17.4 Å². The van der Waals surface area contributed by atoms with Gasteiger partial charge in [-0.15, -0.1) is 0 Å². The summed E-state index contributed by atoms with van der Waals surface area (Å²) in [5.74, 6) is 1.01. The van der Waals surface area contributed by atoms with Crippen molar-refractivity contribution in [3.8, 4) is 5.88 Å². The molecule has 0 saturated heterocycles. The number of benzene rings is 2. The second-order valence-electron chi connectivity index (χ2n) is 8.62. The molecule has 0 fully saturated rings. The molecule has 5 N–H and O–H groups in total. The summed E-state index contributed by atoms with van der Waals surface area (Å²) in [6.45, 7) is 6.26. The van der Waals surface area contributed by atoms with Crippen LogP contribution in [0.25, 0.3) is 21.0 Å². The van der Waals surface area contributed by atoms with E-state index in [1.54, 1.807) is 6.07 Å². The first-order valence-electron chi connectivity index (χ1n) is 12.0. The fourth-order valence-corrected chi connectivity index (χ4v) is 5.17. The number of amides is 1. The largest absolute Gasteiger partial charge is 0.478 e. The molecule has 0 saturated carbocycles.